The van der Waals surface area contributed by atoms with Crippen molar-refractivity contribution in [2.45, 2.75) is 32.0 Å². The molecule has 22 heavy (non-hydrogen) atoms. The van der Waals surface area contributed by atoms with Crippen molar-refractivity contribution in [3.05, 3.63) is 29.8 Å². The number of anilines is 1. The van der Waals surface area contributed by atoms with Gasteiger partial charge in [-0.15, -0.1) is 0 Å². The average Bonchev–Trinajstić information content (AvgIpc) is 2.80. The Labute approximate surface area is 126 Å². The summed E-state index contributed by atoms with van der Waals surface area (Å²) in [5.74, 6) is -0.652. The van der Waals surface area contributed by atoms with Crippen LogP contribution in [0.3, 0.4) is 0 Å². The second-order valence-electron chi connectivity index (χ2n) is 5.17. The molecule has 1 saturated heterocycles. The van der Waals surface area contributed by atoms with Gasteiger partial charge in [0.05, 0.1) is 5.69 Å². The Kier molecular flexibility index (Phi) is 4.59. The van der Waals surface area contributed by atoms with E-state index in [-0.39, 0.29) is 13.0 Å². The Morgan fingerprint density at radius 2 is 2.18 bits per heavy atom. The molecule has 0 spiro atoms. The van der Waals surface area contributed by atoms with E-state index in [1.807, 2.05) is 19.2 Å². The second kappa shape index (κ2) is 6.26. The molecule has 1 aromatic rings. The van der Waals surface area contributed by atoms with Gasteiger partial charge in [0.25, 0.3) is 0 Å². The van der Waals surface area contributed by atoms with Crippen molar-refractivity contribution in [1.29, 1.82) is 5.26 Å². The van der Waals surface area contributed by atoms with E-state index in [1.54, 1.807) is 18.2 Å². The zero-order valence-corrected chi connectivity index (χ0v) is 12.1. The predicted octanol–water partition coefficient (Wildman–Crippen LogP) is 2.70. The van der Waals surface area contributed by atoms with Crippen molar-refractivity contribution in [2.24, 2.45) is 0 Å². The van der Waals surface area contributed by atoms with E-state index >= 15 is 0 Å². The van der Waals surface area contributed by atoms with Crippen LogP contribution in [0.15, 0.2) is 24.3 Å². The van der Waals surface area contributed by atoms with Gasteiger partial charge < -0.3 is 4.90 Å². The molecule has 1 aliphatic heterocycles. The Morgan fingerprint density at radius 3 is 2.77 bits per heavy atom. The number of benzene rings is 1. The summed E-state index contributed by atoms with van der Waals surface area (Å²) in [6.07, 6.45) is -1.52. The van der Waals surface area contributed by atoms with E-state index in [1.165, 1.54) is 4.90 Å². The van der Waals surface area contributed by atoms with Crippen LogP contribution in [0.2, 0.25) is 0 Å². The molecule has 1 aromatic carbocycles. The monoisotopic (exact) mass is 311 g/mol. The topological polar surface area (TPSA) is 47.3 Å². The van der Waals surface area contributed by atoms with E-state index in [9.17, 15) is 23.2 Å². The third kappa shape index (κ3) is 3.50. The number of carbonyl (C=O) groups excluding carboxylic acids is 1. The van der Waals surface area contributed by atoms with Crippen molar-refractivity contribution in [1.82, 2.24) is 4.90 Å². The lowest BCUT2D eigenvalue weighted by Crippen LogP contribution is -2.42. The molecular weight excluding hydrogens is 295 g/mol. The van der Waals surface area contributed by atoms with E-state index < -0.39 is 24.7 Å². The first-order chi connectivity index (χ1) is 10.4. The lowest BCUT2D eigenvalue weighted by Gasteiger charge is -2.23. The Bertz CT molecular complexity index is 594. The largest absolute Gasteiger partial charge is 0.406 e. The fourth-order valence-corrected chi connectivity index (χ4v) is 2.57. The lowest BCUT2D eigenvalue weighted by atomic mass is 10.1. The molecule has 0 bridgehead atoms. The molecule has 1 heterocycles. The SMILES string of the molecule is CCc1cccc(N(C#N)[C@@H]2CCN(CC(F)(F)F)C2=O)c1. The Hall–Kier alpha value is -2.23. The molecule has 0 saturated carbocycles. The normalized spacial score (nSPS) is 18.4. The van der Waals surface area contributed by atoms with Crippen LogP contribution in [-0.2, 0) is 11.2 Å². The molecule has 2 rings (SSSR count). The predicted molar refractivity (Wildman–Crippen MR) is 75.0 cm³/mol. The first-order valence-electron chi connectivity index (χ1n) is 6.99. The van der Waals surface area contributed by atoms with Gasteiger partial charge >= 0.3 is 6.18 Å². The summed E-state index contributed by atoms with van der Waals surface area (Å²) >= 11 is 0. The summed E-state index contributed by atoms with van der Waals surface area (Å²) in [5.41, 5.74) is 1.53. The van der Waals surface area contributed by atoms with Crippen molar-refractivity contribution in [2.75, 3.05) is 18.0 Å². The Morgan fingerprint density at radius 1 is 1.45 bits per heavy atom. The first-order valence-corrected chi connectivity index (χ1v) is 6.99. The Balaban J connectivity index is 2.19. The molecule has 0 unspecified atom stereocenters. The van der Waals surface area contributed by atoms with Crippen LogP contribution in [0, 0.1) is 11.5 Å². The van der Waals surface area contributed by atoms with Gasteiger partial charge in [0, 0.05) is 6.54 Å². The summed E-state index contributed by atoms with van der Waals surface area (Å²) in [5, 5.41) is 9.32. The third-order valence-electron chi connectivity index (χ3n) is 3.66. The van der Waals surface area contributed by atoms with Gasteiger partial charge in [0.1, 0.15) is 12.6 Å². The molecule has 118 valence electrons. The van der Waals surface area contributed by atoms with Crippen LogP contribution >= 0.6 is 0 Å². The number of halogens is 3. The molecule has 7 heteroatoms. The van der Waals surface area contributed by atoms with Crippen LogP contribution < -0.4 is 4.90 Å². The third-order valence-corrected chi connectivity index (χ3v) is 3.66. The first kappa shape index (κ1) is 16.1. The van der Waals surface area contributed by atoms with E-state index in [0.717, 1.165) is 16.9 Å². The molecule has 4 nitrogen and oxygen atoms in total. The van der Waals surface area contributed by atoms with Crippen molar-refractivity contribution < 1.29 is 18.0 Å². The molecule has 0 aliphatic carbocycles. The van der Waals surface area contributed by atoms with Gasteiger partial charge in [-0.2, -0.15) is 18.4 Å². The van der Waals surface area contributed by atoms with Crippen LogP contribution in [0.25, 0.3) is 0 Å². The van der Waals surface area contributed by atoms with Crippen molar-refractivity contribution in [3.63, 3.8) is 0 Å². The van der Waals surface area contributed by atoms with Gasteiger partial charge in [-0.1, -0.05) is 19.1 Å². The summed E-state index contributed by atoms with van der Waals surface area (Å²) < 4.78 is 37.3. The van der Waals surface area contributed by atoms with Gasteiger partial charge in [0.15, 0.2) is 6.19 Å². The summed E-state index contributed by atoms with van der Waals surface area (Å²) in [6, 6.07) is 6.27. The number of carbonyl (C=O) groups is 1. The minimum Gasteiger partial charge on any atom is -0.332 e. The number of amides is 1. The van der Waals surface area contributed by atoms with E-state index in [2.05, 4.69) is 0 Å². The van der Waals surface area contributed by atoms with Crippen molar-refractivity contribution >= 4 is 11.6 Å². The maximum atomic E-state index is 12.4. The highest BCUT2D eigenvalue weighted by Crippen LogP contribution is 2.27. The maximum absolute atomic E-state index is 12.4. The van der Waals surface area contributed by atoms with Gasteiger partial charge in [-0.05, 0) is 30.5 Å². The highest BCUT2D eigenvalue weighted by Gasteiger charge is 2.41. The molecule has 0 radical (unpaired) electrons. The van der Waals surface area contributed by atoms with E-state index in [0.29, 0.717) is 5.69 Å². The fourth-order valence-electron chi connectivity index (χ4n) is 2.57. The maximum Gasteiger partial charge on any atom is 0.406 e. The zero-order chi connectivity index (χ0) is 16.3. The fraction of sp³-hybridized carbons (Fsp3) is 0.467. The number of nitriles is 1. The highest BCUT2D eigenvalue weighted by molar-refractivity contribution is 5.88. The molecule has 1 fully saturated rings. The number of nitrogens with zero attached hydrogens (tertiary/aromatic N) is 3. The number of likely N-dealkylation sites (tertiary alicyclic amines) is 1. The van der Waals surface area contributed by atoms with Crippen LogP contribution in [-0.4, -0.2) is 36.1 Å². The van der Waals surface area contributed by atoms with Crippen LogP contribution in [0.5, 0.6) is 0 Å². The number of hydrogen-bond donors (Lipinski definition) is 0. The standard InChI is InChI=1S/C15H16F3N3O/c1-2-11-4-3-5-12(8-11)21(10-19)13-6-7-20(14(13)22)9-15(16,17)18/h3-5,8,13H,2,6-7,9H2,1H3/t13-/m1/s1. The summed E-state index contributed by atoms with van der Waals surface area (Å²) in [6.45, 7) is 0.701. The lowest BCUT2D eigenvalue weighted by molar-refractivity contribution is -0.157. The summed E-state index contributed by atoms with van der Waals surface area (Å²) in [7, 11) is 0. The molecular formula is C15H16F3N3O. The van der Waals surface area contributed by atoms with Gasteiger partial charge in [0.2, 0.25) is 5.91 Å². The minimum absolute atomic E-state index is 0.00859. The smallest absolute Gasteiger partial charge is 0.332 e. The number of aryl methyl sites for hydroxylation is 1. The average molecular weight is 311 g/mol. The van der Waals surface area contributed by atoms with E-state index in [4.69, 9.17) is 0 Å². The molecule has 1 amide bonds. The quantitative estimate of drug-likeness (QED) is 0.634. The minimum atomic E-state index is -4.43. The van der Waals surface area contributed by atoms with Crippen molar-refractivity contribution in [3.8, 4) is 6.19 Å². The van der Waals surface area contributed by atoms with Crippen LogP contribution in [0.4, 0.5) is 18.9 Å². The number of alkyl halides is 3. The van der Waals surface area contributed by atoms with Gasteiger partial charge in [-0.25, -0.2) is 0 Å². The van der Waals surface area contributed by atoms with Crippen LogP contribution in [0.1, 0.15) is 18.9 Å². The molecule has 0 N–H and O–H groups in total. The van der Waals surface area contributed by atoms with Gasteiger partial charge in [-0.3, -0.25) is 9.69 Å². The second-order valence-corrected chi connectivity index (χ2v) is 5.17. The molecule has 1 atom stereocenters. The highest BCUT2D eigenvalue weighted by atomic mass is 19.4. The summed E-state index contributed by atoms with van der Waals surface area (Å²) in [4.78, 5) is 14.1. The number of rotatable bonds is 4. The molecule has 1 aliphatic rings. The number of hydrogen-bond acceptors (Lipinski definition) is 3. The zero-order valence-electron chi connectivity index (χ0n) is 12.1. The molecule has 0 aromatic heterocycles.